The monoisotopic (exact) mass is 444 g/mol. The van der Waals surface area contributed by atoms with Crippen LogP contribution in [-0.4, -0.2) is 50.7 Å². The van der Waals surface area contributed by atoms with E-state index >= 15 is 0 Å². The molecular weight excluding hydrogens is 420 g/mol. The number of sulfone groups is 1. The first kappa shape index (κ1) is 22.7. The van der Waals surface area contributed by atoms with Crippen molar-refractivity contribution >= 4 is 9.84 Å². The minimum atomic E-state index is -4.51. The molecule has 0 bridgehead atoms. The van der Waals surface area contributed by atoms with Gasteiger partial charge in [-0.2, -0.15) is 13.2 Å². The predicted molar refractivity (Wildman–Crippen MR) is 106 cm³/mol. The Balaban J connectivity index is 1.63. The highest BCUT2D eigenvalue weighted by atomic mass is 32.2. The third-order valence-corrected chi connectivity index (χ3v) is 6.33. The summed E-state index contributed by atoms with van der Waals surface area (Å²) in [6.45, 7) is 3.30. The number of halogens is 4. The van der Waals surface area contributed by atoms with E-state index in [2.05, 4.69) is 4.90 Å². The number of benzene rings is 2. The summed E-state index contributed by atoms with van der Waals surface area (Å²) in [4.78, 5) is 4.37. The van der Waals surface area contributed by atoms with Gasteiger partial charge in [0, 0.05) is 32.4 Å². The zero-order valence-corrected chi connectivity index (χ0v) is 17.4. The first-order chi connectivity index (χ1) is 14.0. The van der Waals surface area contributed by atoms with Crippen molar-refractivity contribution in [3.8, 4) is 0 Å². The minimum Gasteiger partial charge on any atom is -0.298 e. The molecule has 164 valence electrons. The van der Waals surface area contributed by atoms with Crippen molar-refractivity contribution in [1.29, 1.82) is 0 Å². The average Bonchev–Trinajstić information content (AvgIpc) is 2.86. The topological polar surface area (TPSA) is 40.6 Å². The maximum Gasteiger partial charge on any atom is 0.416 e. The maximum atomic E-state index is 13.5. The van der Waals surface area contributed by atoms with Crippen molar-refractivity contribution in [2.24, 2.45) is 0 Å². The van der Waals surface area contributed by atoms with E-state index in [-0.39, 0.29) is 17.0 Å². The number of nitrogens with zero attached hydrogens (tertiary/aromatic N) is 2. The average molecular weight is 444 g/mol. The first-order valence-electron chi connectivity index (χ1n) is 9.62. The number of alkyl halides is 3. The fourth-order valence-electron chi connectivity index (χ4n) is 3.65. The van der Waals surface area contributed by atoms with Crippen molar-refractivity contribution in [3.63, 3.8) is 0 Å². The molecule has 0 unspecified atom stereocenters. The molecule has 0 aromatic heterocycles. The third kappa shape index (κ3) is 6.02. The van der Waals surface area contributed by atoms with Crippen LogP contribution in [0.1, 0.15) is 23.1 Å². The Bertz CT molecular complexity index is 975. The normalized spacial score (nSPS) is 17.1. The van der Waals surface area contributed by atoms with Crippen LogP contribution >= 0.6 is 0 Å². The van der Waals surface area contributed by atoms with Gasteiger partial charge in [0.25, 0.3) is 0 Å². The molecule has 1 aliphatic rings. The quantitative estimate of drug-likeness (QED) is 0.655. The van der Waals surface area contributed by atoms with Gasteiger partial charge in [-0.15, -0.1) is 0 Å². The van der Waals surface area contributed by atoms with Crippen LogP contribution in [0.2, 0.25) is 0 Å². The van der Waals surface area contributed by atoms with Gasteiger partial charge in [-0.1, -0.05) is 12.1 Å². The van der Waals surface area contributed by atoms with Crippen LogP contribution in [0, 0.1) is 5.82 Å². The molecule has 30 heavy (non-hydrogen) atoms. The van der Waals surface area contributed by atoms with Gasteiger partial charge in [0.15, 0.2) is 9.84 Å². The molecule has 0 N–H and O–H groups in total. The highest BCUT2D eigenvalue weighted by Crippen LogP contribution is 2.33. The van der Waals surface area contributed by atoms with E-state index in [0.717, 1.165) is 43.0 Å². The predicted octanol–water partition coefficient (Wildman–Crippen LogP) is 3.96. The van der Waals surface area contributed by atoms with Gasteiger partial charge in [-0.05, 0) is 61.0 Å². The van der Waals surface area contributed by atoms with E-state index in [0.29, 0.717) is 26.2 Å². The van der Waals surface area contributed by atoms with Crippen LogP contribution in [0.3, 0.4) is 0 Å². The summed E-state index contributed by atoms with van der Waals surface area (Å²) >= 11 is 0. The fraction of sp³-hybridized carbons (Fsp3) is 0.429. The molecule has 1 aliphatic heterocycles. The molecular formula is C21H24F4N2O2S. The third-order valence-electron chi connectivity index (χ3n) is 5.21. The smallest absolute Gasteiger partial charge is 0.298 e. The van der Waals surface area contributed by atoms with Crippen molar-refractivity contribution < 1.29 is 26.0 Å². The van der Waals surface area contributed by atoms with Gasteiger partial charge in [-0.25, -0.2) is 12.8 Å². The Labute approximate surface area is 174 Å². The molecule has 1 heterocycles. The maximum absolute atomic E-state index is 13.5. The lowest BCUT2D eigenvalue weighted by molar-refractivity contribution is -0.138. The summed E-state index contributed by atoms with van der Waals surface area (Å²) in [5, 5.41) is 0. The summed E-state index contributed by atoms with van der Waals surface area (Å²) in [6, 6.07) is 9.33. The van der Waals surface area contributed by atoms with Gasteiger partial charge in [0.1, 0.15) is 5.82 Å². The number of hydrogen-bond donors (Lipinski definition) is 0. The Morgan fingerprint density at radius 2 is 1.50 bits per heavy atom. The Kier molecular flexibility index (Phi) is 6.84. The van der Waals surface area contributed by atoms with E-state index in [9.17, 15) is 26.0 Å². The highest BCUT2D eigenvalue weighted by Gasteiger charge is 2.33. The number of hydrogen-bond acceptors (Lipinski definition) is 4. The second-order valence-corrected chi connectivity index (χ2v) is 9.64. The van der Waals surface area contributed by atoms with E-state index in [4.69, 9.17) is 0 Å². The molecule has 4 nitrogen and oxygen atoms in total. The van der Waals surface area contributed by atoms with Crippen molar-refractivity contribution in [3.05, 3.63) is 65.0 Å². The zero-order chi connectivity index (χ0) is 21.9. The molecule has 1 saturated heterocycles. The summed E-state index contributed by atoms with van der Waals surface area (Å²) in [7, 11) is -3.24. The first-order valence-corrected chi connectivity index (χ1v) is 11.5. The lowest BCUT2D eigenvalue weighted by Gasteiger charge is -2.23. The Morgan fingerprint density at radius 1 is 0.900 bits per heavy atom. The van der Waals surface area contributed by atoms with Gasteiger partial charge in [0.2, 0.25) is 0 Å². The van der Waals surface area contributed by atoms with Crippen LogP contribution in [0.15, 0.2) is 47.4 Å². The van der Waals surface area contributed by atoms with E-state index in [1.54, 1.807) is 24.3 Å². The van der Waals surface area contributed by atoms with Crippen LogP contribution in [0.25, 0.3) is 0 Å². The minimum absolute atomic E-state index is 0.0451. The van der Waals surface area contributed by atoms with Crippen molar-refractivity contribution in [2.75, 3.05) is 32.4 Å². The van der Waals surface area contributed by atoms with E-state index in [1.807, 2.05) is 4.90 Å². The molecule has 0 saturated carbocycles. The molecule has 0 atom stereocenters. The summed E-state index contributed by atoms with van der Waals surface area (Å²) in [5.74, 6) is -0.674. The summed E-state index contributed by atoms with van der Waals surface area (Å²) in [6.07, 6.45) is -2.58. The van der Waals surface area contributed by atoms with Gasteiger partial charge in [0.05, 0.1) is 10.5 Å². The second-order valence-electron chi connectivity index (χ2n) is 7.62. The molecule has 9 heteroatoms. The highest BCUT2D eigenvalue weighted by molar-refractivity contribution is 7.90. The van der Waals surface area contributed by atoms with Crippen molar-refractivity contribution in [2.45, 2.75) is 30.6 Å². The molecule has 1 fully saturated rings. The second kappa shape index (κ2) is 9.03. The summed E-state index contributed by atoms with van der Waals surface area (Å²) in [5.41, 5.74) is 0.128. The zero-order valence-electron chi connectivity index (χ0n) is 16.6. The van der Waals surface area contributed by atoms with Crippen LogP contribution in [-0.2, 0) is 29.1 Å². The lowest BCUT2D eigenvalue weighted by Crippen LogP contribution is -2.31. The van der Waals surface area contributed by atoms with Gasteiger partial charge < -0.3 is 0 Å². The van der Waals surface area contributed by atoms with Crippen LogP contribution in [0.5, 0.6) is 0 Å². The SMILES string of the molecule is CS(=O)(=O)c1ccc(CN2CCCN(Cc3cc(F)ccc3C(F)(F)F)CC2)cc1. The van der Waals surface area contributed by atoms with Crippen LogP contribution < -0.4 is 0 Å². The van der Waals surface area contributed by atoms with E-state index in [1.165, 1.54) is 0 Å². The molecule has 0 radical (unpaired) electrons. The molecule has 2 aromatic rings. The lowest BCUT2D eigenvalue weighted by atomic mass is 10.1. The molecule has 2 aromatic carbocycles. The Morgan fingerprint density at radius 3 is 2.07 bits per heavy atom. The molecule has 0 spiro atoms. The molecule has 0 aliphatic carbocycles. The number of rotatable bonds is 5. The van der Waals surface area contributed by atoms with Crippen LogP contribution in [0.4, 0.5) is 17.6 Å². The summed E-state index contributed by atoms with van der Waals surface area (Å²) < 4.78 is 76.4. The Hall–Kier alpha value is -1.97. The standard InChI is InChI=1S/C21H24F4N2O2S/c1-30(28,29)19-6-3-16(4-7-19)14-26-9-2-10-27(12-11-26)15-17-13-18(22)5-8-20(17)21(23,24)25/h3-8,13H,2,9-12,14-15H2,1H3. The van der Waals surface area contributed by atoms with Crippen molar-refractivity contribution in [1.82, 2.24) is 9.80 Å². The van der Waals surface area contributed by atoms with E-state index < -0.39 is 27.4 Å². The molecule has 3 rings (SSSR count). The van der Waals surface area contributed by atoms with Gasteiger partial charge in [-0.3, -0.25) is 9.80 Å². The van der Waals surface area contributed by atoms with Gasteiger partial charge >= 0.3 is 6.18 Å². The fourth-order valence-corrected chi connectivity index (χ4v) is 4.28. The molecule has 0 amide bonds. The largest absolute Gasteiger partial charge is 0.416 e.